The van der Waals surface area contributed by atoms with E-state index < -0.39 is 0 Å². The van der Waals surface area contributed by atoms with Gasteiger partial charge in [0, 0.05) is 24.5 Å². The lowest BCUT2D eigenvalue weighted by molar-refractivity contribution is 1.01. The van der Waals surface area contributed by atoms with Crippen molar-refractivity contribution in [2.45, 2.75) is 13.8 Å². The second kappa shape index (κ2) is 3.66. The molecular formula is C12H14N2. The number of nitrogens with zero attached hydrogens (tertiary/aromatic N) is 1. The Labute approximate surface area is 84.4 Å². The molecular weight excluding hydrogens is 172 g/mol. The lowest BCUT2D eigenvalue weighted by Gasteiger charge is -2.09. The number of aliphatic imine (C=N–C) groups is 1. The Hall–Kier alpha value is -1.57. The fourth-order valence-corrected chi connectivity index (χ4v) is 1.45. The highest BCUT2D eigenvalue weighted by Gasteiger charge is 2.03. The summed E-state index contributed by atoms with van der Waals surface area (Å²) >= 11 is 0. The highest BCUT2D eigenvalue weighted by molar-refractivity contribution is 5.77. The van der Waals surface area contributed by atoms with E-state index in [1.54, 1.807) is 0 Å². The molecule has 0 radical (unpaired) electrons. The van der Waals surface area contributed by atoms with E-state index in [1.165, 1.54) is 16.7 Å². The molecule has 0 bridgehead atoms. The fraction of sp³-hybridized carbons (Fsp3) is 0.250. The summed E-state index contributed by atoms with van der Waals surface area (Å²) in [4.78, 5) is 4.34. The third-order valence-corrected chi connectivity index (χ3v) is 2.48. The van der Waals surface area contributed by atoms with Crippen LogP contribution in [-0.2, 0) is 0 Å². The number of hydrogen-bond acceptors (Lipinski definition) is 2. The SMILES string of the molecule is Cc1ccc(C2=CNCC=N2)cc1C. The lowest BCUT2D eigenvalue weighted by atomic mass is 10.0. The van der Waals surface area contributed by atoms with Gasteiger partial charge in [0.05, 0.1) is 5.70 Å². The Morgan fingerprint density at radius 3 is 2.71 bits per heavy atom. The van der Waals surface area contributed by atoms with E-state index in [4.69, 9.17) is 0 Å². The first-order valence-corrected chi connectivity index (χ1v) is 4.81. The Balaban J connectivity index is 2.37. The minimum atomic E-state index is 0.828. The maximum atomic E-state index is 4.34. The maximum Gasteiger partial charge on any atom is 0.0855 e. The summed E-state index contributed by atoms with van der Waals surface area (Å²) in [5, 5.41) is 3.16. The lowest BCUT2D eigenvalue weighted by Crippen LogP contribution is -2.12. The highest BCUT2D eigenvalue weighted by atomic mass is 14.9. The Bertz CT molecular complexity index is 403. The number of hydrogen-bond donors (Lipinski definition) is 1. The van der Waals surface area contributed by atoms with E-state index in [0.29, 0.717) is 0 Å². The molecule has 0 unspecified atom stereocenters. The van der Waals surface area contributed by atoms with E-state index in [-0.39, 0.29) is 0 Å². The molecule has 1 heterocycles. The van der Waals surface area contributed by atoms with Crippen LogP contribution in [0.2, 0.25) is 0 Å². The Morgan fingerprint density at radius 2 is 2.07 bits per heavy atom. The number of nitrogens with one attached hydrogen (secondary N) is 1. The molecule has 1 aliphatic rings. The number of benzene rings is 1. The second-order valence-corrected chi connectivity index (χ2v) is 3.55. The molecule has 1 aromatic rings. The molecule has 0 aliphatic carbocycles. The van der Waals surface area contributed by atoms with Crippen LogP contribution in [0.4, 0.5) is 0 Å². The van der Waals surface area contributed by atoms with E-state index in [9.17, 15) is 0 Å². The van der Waals surface area contributed by atoms with Crippen LogP contribution in [0.15, 0.2) is 29.4 Å². The van der Waals surface area contributed by atoms with Crippen molar-refractivity contribution < 1.29 is 0 Å². The predicted octanol–water partition coefficient (Wildman–Crippen LogP) is 2.28. The number of rotatable bonds is 1. The summed E-state index contributed by atoms with van der Waals surface area (Å²) in [6, 6.07) is 6.42. The predicted molar refractivity (Wildman–Crippen MR) is 60.4 cm³/mol. The molecule has 0 fully saturated rings. The summed E-state index contributed by atoms with van der Waals surface area (Å²) < 4.78 is 0. The molecule has 1 aliphatic heterocycles. The minimum absolute atomic E-state index is 0.828. The van der Waals surface area contributed by atoms with Gasteiger partial charge in [0.15, 0.2) is 0 Å². The Kier molecular flexibility index (Phi) is 2.35. The van der Waals surface area contributed by atoms with Crippen LogP contribution >= 0.6 is 0 Å². The van der Waals surface area contributed by atoms with Crippen LogP contribution in [0.5, 0.6) is 0 Å². The first-order valence-electron chi connectivity index (χ1n) is 4.81. The van der Waals surface area contributed by atoms with Crippen molar-refractivity contribution in [2.24, 2.45) is 4.99 Å². The monoisotopic (exact) mass is 186 g/mol. The standard InChI is InChI=1S/C12H14N2/c1-9-3-4-11(7-10(9)2)12-8-13-5-6-14-12/h3-4,6-8,13H,5H2,1-2H3. The first-order chi connectivity index (χ1) is 6.77. The zero-order valence-electron chi connectivity index (χ0n) is 8.54. The van der Waals surface area contributed by atoms with Crippen molar-refractivity contribution in [1.82, 2.24) is 5.32 Å². The summed E-state index contributed by atoms with van der Waals surface area (Å²) in [7, 11) is 0. The summed E-state index contributed by atoms with van der Waals surface area (Å²) in [6.45, 7) is 5.07. The van der Waals surface area contributed by atoms with E-state index in [2.05, 4.69) is 42.4 Å². The van der Waals surface area contributed by atoms with Crippen LogP contribution in [0.25, 0.3) is 5.70 Å². The zero-order valence-corrected chi connectivity index (χ0v) is 8.54. The largest absolute Gasteiger partial charge is 0.384 e. The van der Waals surface area contributed by atoms with Gasteiger partial charge in [-0.05, 0) is 31.0 Å². The van der Waals surface area contributed by atoms with Gasteiger partial charge < -0.3 is 5.32 Å². The molecule has 14 heavy (non-hydrogen) atoms. The van der Waals surface area contributed by atoms with Crippen molar-refractivity contribution in [2.75, 3.05) is 6.54 Å². The van der Waals surface area contributed by atoms with Gasteiger partial charge in [-0.25, -0.2) is 0 Å². The van der Waals surface area contributed by atoms with Crippen LogP contribution in [-0.4, -0.2) is 12.8 Å². The molecule has 0 saturated heterocycles. The minimum Gasteiger partial charge on any atom is -0.384 e. The van der Waals surface area contributed by atoms with E-state index >= 15 is 0 Å². The normalized spacial score (nSPS) is 14.9. The summed E-state index contributed by atoms with van der Waals surface area (Å²) in [6.07, 6.45) is 3.86. The molecule has 0 atom stereocenters. The molecule has 0 aromatic heterocycles. The second-order valence-electron chi connectivity index (χ2n) is 3.55. The molecule has 2 rings (SSSR count). The first kappa shape index (κ1) is 9.00. The molecule has 1 N–H and O–H groups in total. The van der Waals surface area contributed by atoms with E-state index in [0.717, 1.165) is 12.2 Å². The van der Waals surface area contributed by atoms with Crippen molar-refractivity contribution >= 4 is 11.9 Å². The molecule has 0 saturated carbocycles. The van der Waals surface area contributed by atoms with E-state index in [1.807, 2.05) is 12.4 Å². The zero-order chi connectivity index (χ0) is 9.97. The fourth-order valence-electron chi connectivity index (χ4n) is 1.45. The van der Waals surface area contributed by atoms with Gasteiger partial charge in [-0.2, -0.15) is 0 Å². The summed E-state index contributed by atoms with van der Waals surface area (Å²) in [5.74, 6) is 0. The van der Waals surface area contributed by atoms with Gasteiger partial charge >= 0.3 is 0 Å². The van der Waals surface area contributed by atoms with Crippen molar-refractivity contribution in [3.05, 3.63) is 41.1 Å². The van der Waals surface area contributed by atoms with Crippen LogP contribution in [0, 0.1) is 13.8 Å². The van der Waals surface area contributed by atoms with Crippen molar-refractivity contribution in [1.29, 1.82) is 0 Å². The van der Waals surface area contributed by atoms with Crippen molar-refractivity contribution in [3.8, 4) is 0 Å². The number of aryl methyl sites for hydroxylation is 2. The van der Waals surface area contributed by atoms with Gasteiger partial charge in [-0.1, -0.05) is 12.1 Å². The highest BCUT2D eigenvalue weighted by Crippen LogP contribution is 2.19. The average Bonchev–Trinajstić information content (AvgIpc) is 2.23. The van der Waals surface area contributed by atoms with Crippen LogP contribution in [0.1, 0.15) is 16.7 Å². The average molecular weight is 186 g/mol. The molecule has 72 valence electrons. The summed E-state index contributed by atoms with van der Waals surface area (Å²) in [5.41, 5.74) is 4.82. The van der Waals surface area contributed by atoms with Crippen molar-refractivity contribution in [3.63, 3.8) is 0 Å². The van der Waals surface area contributed by atoms with Gasteiger partial charge in [-0.15, -0.1) is 0 Å². The molecule has 0 amide bonds. The maximum absolute atomic E-state index is 4.34. The van der Waals surface area contributed by atoms with Gasteiger partial charge in [0.25, 0.3) is 0 Å². The van der Waals surface area contributed by atoms with Gasteiger partial charge in [0.2, 0.25) is 0 Å². The van der Waals surface area contributed by atoms with Gasteiger partial charge in [-0.3, -0.25) is 4.99 Å². The smallest absolute Gasteiger partial charge is 0.0855 e. The van der Waals surface area contributed by atoms with Crippen LogP contribution in [0.3, 0.4) is 0 Å². The third kappa shape index (κ3) is 1.69. The molecule has 2 heteroatoms. The topological polar surface area (TPSA) is 24.4 Å². The quantitative estimate of drug-likeness (QED) is 0.715. The van der Waals surface area contributed by atoms with Crippen LogP contribution < -0.4 is 5.32 Å². The van der Waals surface area contributed by atoms with Gasteiger partial charge in [0.1, 0.15) is 0 Å². The third-order valence-electron chi connectivity index (χ3n) is 2.48. The molecule has 0 spiro atoms. The molecule has 1 aromatic carbocycles. The molecule has 2 nitrogen and oxygen atoms in total. The Morgan fingerprint density at radius 1 is 1.21 bits per heavy atom.